The highest BCUT2D eigenvalue weighted by atomic mass is 16.3. The van der Waals surface area contributed by atoms with Gasteiger partial charge in [-0.1, -0.05) is 54.6 Å². The Labute approximate surface area is 193 Å². The van der Waals surface area contributed by atoms with Crippen molar-refractivity contribution in [3.63, 3.8) is 0 Å². The number of H-pyrrole nitrogens is 1. The van der Waals surface area contributed by atoms with Gasteiger partial charge >= 0.3 is 0 Å². The third kappa shape index (κ3) is 2.17. The van der Waals surface area contributed by atoms with E-state index in [1.165, 1.54) is 5.39 Å². The van der Waals surface area contributed by atoms with Crippen LogP contribution < -0.4 is 5.73 Å². The van der Waals surface area contributed by atoms with Crippen LogP contribution in [0.2, 0.25) is 0 Å². The Morgan fingerprint density at radius 3 is 1.97 bits per heavy atom. The second-order valence-electron chi connectivity index (χ2n) is 8.81. The molecule has 0 amide bonds. The van der Waals surface area contributed by atoms with Gasteiger partial charge in [0.1, 0.15) is 22.3 Å². The summed E-state index contributed by atoms with van der Waals surface area (Å²) in [5.41, 5.74) is 15.0. The van der Waals surface area contributed by atoms with Crippen molar-refractivity contribution in [2.24, 2.45) is 0 Å². The van der Waals surface area contributed by atoms with Crippen molar-refractivity contribution >= 4 is 71.4 Å². The van der Waals surface area contributed by atoms with Gasteiger partial charge in [-0.05, 0) is 36.4 Å². The van der Waals surface area contributed by atoms with E-state index in [1.54, 1.807) is 0 Å². The number of benzene rings is 5. The fraction of sp³-hybridized carbons (Fsp3) is 0. The Balaban J connectivity index is 1.56. The highest BCUT2D eigenvalue weighted by Gasteiger charge is 2.20. The van der Waals surface area contributed by atoms with Crippen LogP contribution in [0.15, 0.2) is 99.8 Å². The predicted molar refractivity (Wildman–Crippen MR) is 140 cm³/mol. The smallest absolute Gasteiger partial charge is 0.136 e. The monoisotopic (exact) mass is 438 g/mol. The van der Waals surface area contributed by atoms with E-state index in [1.807, 2.05) is 48.5 Å². The zero-order chi connectivity index (χ0) is 22.4. The SMILES string of the molecule is Nc1ccc2oc3ccccc3c2c1-c1cccc2c1[nH]c1ccc3oc4ccccc4c3c12. The van der Waals surface area contributed by atoms with E-state index in [2.05, 4.69) is 47.4 Å². The summed E-state index contributed by atoms with van der Waals surface area (Å²) in [5.74, 6) is 0. The fourth-order valence-corrected chi connectivity index (χ4v) is 5.56. The van der Waals surface area contributed by atoms with Crippen LogP contribution in [0.4, 0.5) is 5.69 Å². The highest BCUT2D eigenvalue weighted by Crippen LogP contribution is 2.45. The quantitative estimate of drug-likeness (QED) is 0.253. The molecule has 0 radical (unpaired) electrons. The molecule has 8 aromatic rings. The molecule has 4 heteroatoms. The van der Waals surface area contributed by atoms with Crippen molar-refractivity contribution in [3.05, 3.63) is 91.0 Å². The molecule has 0 bridgehead atoms. The number of rotatable bonds is 1. The van der Waals surface area contributed by atoms with Gasteiger partial charge in [-0.25, -0.2) is 0 Å². The lowest BCUT2D eigenvalue weighted by Crippen LogP contribution is -1.91. The first-order valence-electron chi connectivity index (χ1n) is 11.3. The predicted octanol–water partition coefficient (Wildman–Crippen LogP) is 8.37. The molecular formula is C30H18N2O2. The number of fused-ring (bicyclic) bond motifs is 10. The molecule has 4 nitrogen and oxygen atoms in total. The largest absolute Gasteiger partial charge is 0.456 e. The van der Waals surface area contributed by atoms with E-state index in [-0.39, 0.29) is 0 Å². The van der Waals surface area contributed by atoms with Crippen LogP contribution in [0.25, 0.3) is 76.8 Å². The van der Waals surface area contributed by atoms with Gasteiger partial charge in [0.25, 0.3) is 0 Å². The van der Waals surface area contributed by atoms with Crippen molar-refractivity contribution in [1.82, 2.24) is 4.98 Å². The lowest BCUT2D eigenvalue weighted by atomic mass is 9.95. The minimum Gasteiger partial charge on any atom is -0.456 e. The topological polar surface area (TPSA) is 68.1 Å². The maximum Gasteiger partial charge on any atom is 0.136 e. The van der Waals surface area contributed by atoms with Crippen LogP contribution >= 0.6 is 0 Å². The molecule has 3 heterocycles. The van der Waals surface area contributed by atoms with E-state index in [0.29, 0.717) is 0 Å². The second-order valence-corrected chi connectivity index (χ2v) is 8.81. The molecule has 3 N–H and O–H groups in total. The Bertz CT molecular complexity index is 2090. The molecule has 0 unspecified atom stereocenters. The van der Waals surface area contributed by atoms with Crippen molar-refractivity contribution in [2.45, 2.75) is 0 Å². The van der Waals surface area contributed by atoms with Crippen molar-refractivity contribution in [2.75, 3.05) is 5.73 Å². The average molecular weight is 438 g/mol. The maximum absolute atomic E-state index is 6.63. The van der Waals surface area contributed by atoms with Gasteiger partial charge in [-0.15, -0.1) is 0 Å². The maximum atomic E-state index is 6.63. The molecule has 0 saturated heterocycles. The summed E-state index contributed by atoms with van der Waals surface area (Å²) < 4.78 is 12.3. The molecule has 3 aromatic heterocycles. The zero-order valence-corrected chi connectivity index (χ0v) is 18.1. The number of hydrogen-bond acceptors (Lipinski definition) is 3. The van der Waals surface area contributed by atoms with Crippen molar-refractivity contribution < 1.29 is 8.83 Å². The molecule has 0 fully saturated rings. The molecule has 0 atom stereocenters. The zero-order valence-electron chi connectivity index (χ0n) is 18.1. The van der Waals surface area contributed by atoms with E-state index < -0.39 is 0 Å². The standard InChI is InChI=1S/C30H18N2O2/c31-20-12-14-24-28(16-6-1-3-10-22(16)33-24)26(20)18-8-5-9-19-27-21(32-30(18)19)13-15-25-29(27)17-7-2-4-11-23(17)34-25/h1-15,32H,31H2. The summed E-state index contributed by atoms with van der Waals surface area (Å²) in [6.45, 7) is 0. The van der Waals surface area contributed by atoms with E-state index in [0.717, 1.165) is 77.1 Å². The number of anilines is 1. The molecule has 0 saturated carbocycles. The first-order chi connectivity index (χ1) is 16.8. The van der Waals surface area contributed by atoms with Gasteiger partial charge in [0.2, 0.25) is 0 Å². The first kappa shape index (κ1) is 17.8. The van der Waals surface area contributed by atoms with E-state index in [4.69, 9.17) is 14.6 Å². The van der Waals surface area contributed by atoms with Crippen LogP contribution in [-0.4, -0.2) is 4.98 Å². The number of furan rings is 2. The van der Waals surface area contributed by atoms with Crippen LogP contribution in [0.1, 0.15) is 0 Å². The van der Waals surface area contributed by atoms with Gasteiger partial charge in [0.15, 0.2) is 0 Å². The lowest BCUT2D eigenvalue weighted by molar-refractivity contribution is 0.668. The Hall–Kier alpha value is -4.70. The molecule has 0 spiro atoms. The number of para-hydroxylation sites is 3. The summed E-state index contributed by atoms with van der Waals surface area (Å²) in [5, 5.41) is 6.68. The van der Waals surface area contributed by atoms with Crippen molar-refractivity contribution in [1.29, 1.82) is 0 Å². The number of hydrogen-bond donors (Lipinski definition) is 2. The van der Waals surface area contributed by atoms with Crippen molar-refractivity contribution in [3.8, 4) is 11.1 Å². The minimum absolute atomic E-state index is 0.726. The van der Waals surface area contributed by atoms with Crippen LogP contribution in [0, 0.1) is 0 Å². The molecule has 160 valence electrons. The Morgan fingerprint density at radius 1 is 0.529 bits per heavy atom. The van der Waals surface area contributed by atoms with E-state index >= 15 is 0 Å². The van der Waals surface area contributed by atoms with Crippen LogP contribution in [0.3, 0.4) is 0 Å². The molecule has 0 aliphatic rings. The molecule has 0 aliphatic heterocycles. The Morgan fingerprint density at radius 2 is 1.18 bits per heavy atom. The number of nitrogens with two attached hydrogens (primary N) is 1. The second kappa shape index (κ2) is 6.21. The summed E-state index contributed by atoms with van der Waals surface area (Å²) in [7, 11) is 0. The summed E-state index contributed by atoms with van der Waals surface area (Å²) in [4.78, 5) is 3.70. The number of nitrogens with one attached hydrogen (secondary N) is 1. The van der Waals surface area contributed by atoms with Gasteiger partial charge < -0.3 is 19.6 Å². The summed E-state index contributed by atoms with van der Waals surface area (Å²) in [6.07, 6.45) is 0. The molecule has 34 heavy (non-hydrogen) atoms. The first-order valence-corrected chi connectivity index (χ1v) is 11.3. The number of nitrogen functional groups attached to an aromatic ring is 1. The number of aromatic nitrogens is 1. The molecule has 8 rings (SSSR count). The normalized spacial score (nSPS) is 12.2. The minimum atomic E-state index is 0.726. The highest BCUT2D eigenvalue weighted by molar-refractivity contribution is 6.29. The molecule has 5 aromatic carbocycles. The molecule has 0 aliphatic carbocycles. The van der Waals surface area contributed by atoms with Gasteiger partial charge in [-0.2, -0.15) is 0 Å². The molecular weight excluding hydrogens is 420 g/mol. The average Bonchev–Trinajstić information content (AvgIpc) is 3.54. The van der Waals surface area contributed by atoms with Crippen LogP contribution in [-0.2, 0) is 0 Å². The third-order valence-electron chi connectivity index (χ3n) is 6.98. The number of aromatic amines is 1. The van der Waals surface area contributed by atoms with E-state index in [9.17, 15) is 0 Å². The van der Waals surface area contributed by atoms with Gasteiger partial charge in [0.05, 0.1) is 5.52 Å². The summed E-state index contributed by atoms with van der Waals surface area (Å²) >= 11 is 0. The van der Waals surface area contributed by atoms with Gasteiger partial charge in [0, 0.05) is 54.6 Å². The Kier molecular flexibility index (Phi) is 3.25. The third-order valence-corrected chi connectivity index (χ3v) is 6.98. The van der Waals surface area contributed by atoms with Crippen LogP contribution in [0.5, 0.6) is 0 Å². The summed E-state index contributed by atoms with van der Waals surface area (Å²) in [6, 6.07) is 30.8. The fourth-order valence-electron chi connectivity index (χ4n) is 5.56. The van der Waals surface area contributed by atoms with Gasteiger partial charge in [-0.3, -0.25) is 0 Å². The lowest BCUT2D eigenvalue weighted by Gasteiger charge is -2.09.